The first-order valence-electron chi connectivity index (χ1n) is 10.5. The van der Waals surface area contributed by atoms with E-state index in [4.69, 9.17) is 17.3 Å². The summed E-state index contributed by atoms with van der Waals surface area (Å²) < 4.78 is 0. The number of ketones is 2. The number of nitrogens with zero attached hydrogens (tertiary/aromatic N) is 1. The van der Waals surface area contributed by atoms with Crippen molar-refractivity contribution in [3.05, 3.63) is 69.4 Å². The third kappa shape index (κ3) is 2.83. The summed E-state index contributed by atoms with van der Waals surface area (Å²) in [7, 11) is 0. The van der Waals surface area contributed by atoms with Gasteiger partial charge in [0, 0.05) is 35.9 Å². The molecule has 3 atom stereocenters. The van der Waals surface area contributed by atoms with Crippen LogP contribution in [0, 0.1) is 11.8 Å². The number of rotatable bonds is 2. The molecule has 34 heavy (non-hydrogen) atoms. The summed E-state index contributed by atoms with van der Waals surface area (Å²) in [5.41, 5.74) is 3.24. The molecule has 0 spiro atoms. The number of Topliss-reactive ketones (excluding diaryl/α,β-unsaturated/α-hetero) is 2. The SMILES string of the molecule is NC(=O)C1=C(O)C[C@@H]2C[C@@H]3Cc4c(-c5ccncc5Cl)ccc(O)c4C(=O)C3=C(O)[C@]2(O)C1=O. The molecule has 174 valence electrons. The van der Waals surface area contributed by atoms with Gasteiger partial charge < -0.3 is 26.2 Å². The third-order valence-corrected chi connectivity index (χ3v) is 7.31. The molecule has 5 rings (SSSR count). The standard InChI is InChI=1S/C24H19ClN2O7/c25-14-8-27-4-3-12(14)11-1-2-15(28)18-13(11)6-9-5-10-7-16(29)19(23(26)33)22(32)24(10,34)21(31)17(9)20(18)30/h1-4,8-10,28-29,31,34H,5-7H2,(H2,26,33)/t9-,10+,24+/m1/s1. The number of aliphatic hydroxyl groups excluding tert-OH is 2. The van der Waals surface area contributed by atoms with Crippen LogP contribution in [0.25, 0.3) is 11.1 Å². The second-order valence-corrected chi connectivity index (χ2v) is 9.16. The molecule has 1 heterocycles. The lowest BCUT2D eigenvalue weighted by Gasteiger charge is -2.45. The number of aliphatic hydroxyl groups is 3. The summed E-state index contributed by atoms with van der Waals surface area (Å²) >= 11 is 6.32. The predicted molar refractivity (Wildman–Crippen MR) is 119 cm³/mol. The van der Waals surface area contributed by atoms with E-state index in [1.165, 1.54) is 12.3 Å². The van der Waals surface area contributed by atoms with Crippen LogP contribution >= 0.6 is 11.6 Å². The van der Waals surface area contributed by atoms with Crippen LogP contribution in [0.1, 0.15) is 28.8 Å². The Hall–Kier alpha value is -3.69. The first-order valence-corrected chi connectivity index (χ1v) is 10.9. The lowest BCUT2D eigenvalue weighted by molar-refractivity contribution is -0.144. The number of aromatic hydroxyl groups is 1. The lowest BCUT2D eigenvalue weighted by atomic mass is 9.60. The zero-order chi connectivity index (χ0) is 24.5. The van der Waals surface area contributed by atoms with Crippen LogP contribution in [0.15, 0.2) is 53.3 Å². The summed E-state index contributed by atoms with van der Waals surface area (Å²) in [6, 6.07) is 4.64. The highest BCUT2D eigenvalue weighted by Crippen LogP contribution is 2.52. The Kier molecular flexibility index (Phi) is 4.82. The second-order valence-electron chi connectivity index (χ2n) is 8.75. The highest BCUT2D eigenvalue weighted by molar-refractivity contribution is 6.33. The zero-order valence-electron chi connectivity index (χ0n) is 17.6. The van der Waals surface area contributed by atoms with Gasteiger partial charge in [0.15, 0.2) is 11.4 Å². The molecule has 3 aliphatic rings. The highest BCUT2D eigenvalue weighted by atomic mass is 35.5. The number of primary amides is 1. The van der Waals surface area contributed by atoms with Crippen LogP contribution in [0.4, 0.5) is 0 Å². The first kappa shape index (κ1) is 22.1. The Morgan fingerprint density at radius 2 is 1.85 bits per heavy atom. The zero-order valence-corrected chi connectivity index (χ0v) is 18.3. The molecule has 2 aromatic rings. The van der Waals surface area contributed by atoms with Gasteiger partial charge in [-0.05, 0) is 42.0 Å². The van der Waals surface area contributed by atoms with E-state index in [1.54, 1.807) is 18.3 Å². The molecule has 3 aliphatic carbocycles. The van der Waals surface area contributed by atoms with E-state index < -0.39 is 52.0 Å². The molecule has 9 nitrogen and oxygen atoms in total. The molecule has 0 saturated carbocycles. The molecular weight excluding hydrogens is 464 g/mol. The molecule has 0 bridgehead atoms. The van der Waals surface area contributed by atoms with Crippen molar-refractivity contribution in [1.29, 1.82) is 0 Å². The van der Waals surface area contributed by atoms with Crippen LogP contribution in [-0.2, 0) is 16.0 Å². The predicted octanol–water partition coefficient (Wildman–Crippen LogP) is 2.30. The van der Waals surface area contributed by atoms with E-state index in [0.717, 1.165) is 0 Å². The maximum Gasteiger partial charge on any atom is 0.255 e. The van der Waals surface area contributed by atoms with Gasteiger partial charge in [0.1, 0.15) is 22.8 Å². The average molecular weight is 483 g/mol. The van der Waals surface area contributed by atoms with Crippen LogP contribution in [0.5, 0.6) is 5.75 Å². The smallest absolute Gasteiger partial charge is 0.255 e. The van der Waals surface area contributed by atoms with Crippen molar-refractivity contribution >= 4 is 29.1 Å². The Balaban J connectivity index is 1.70. The van der Waals surface area contributed by atoms with E-state index in [1.807, 2.05) is 0 Å². The average Bonchev–Trinajstić information content (AvgIpc) is 2.77. The fourth-order valence-electron chi connectivity index (χ4n) is 5.47. The topological polar surface area (TPSA) is 171 Å². The third-order valence-electron chi connectivity index (χ3n) is 7.01. The van der Waals surface area contributed by atoms with Gasteiger partial charge in [0.25, 0.3) is 5.91 Å². The van der Waals surface area contributed by atoms with Crippen LogP contribution in [0.2, 0.25) is 5.02 Å². The van der Waals surface area contributed by atoms with Crippen molar-refractivity contribution in [1.82, 2.24) is 4.98 Å². The molecule has 0 unspecified atom stereocenters. The van der Waals surface area contributed by atoms with E-state index >= 15 is 0 Å². The Morgan fingerprint density at radius 1 is 1.12 bits per heavy atom. The molecule has 1 amide bonds. The fraction of sp³-hybridized carbons (Fsp3) is 0.250. The van der Waals surface area contributed by atoms with Crippen molar-refractivity contribution in [2.24, 2.45) is 17.6 Å². The quantitative estimate of drug-likeness (QED) is 0.405. The lowest BCUT2D eigenvalue weighted by Crippen LogP contribution is -2.57. The molecule has 0 aliphatic heterocycles. The van der Waals surface area contributed by atoms with Gasteiger partial charge >= 0.3 is 0 Å². The number of carbonyl (C=O) groups excluding carboxylic acids is 3. The minimum Gasteiger partial charge on any atom is -0.511 e. The van der Waals surface area contributed by atoms with Crippen molar-refractivity contribution in [3.8, 4) is 16.9 Å². The first-order chi connectivity index (χ1) is 16.1. The van der Waals surface area contributed by atoms with Gasteiger partial charge in [-0.25, -0.2) is 0 Å². The number of pyridine rings is 1. The van der Waals surface area contributed by atoms with E-state index in [-0.39, 0.29) is 36.1 Å². The number of fused-ring (bicyclic) bond motifs is 3. The van der Waals surface area contributed by atoms with Crippen molar-refractivity contribution in [3.63, 3.8) is 0 Å². The number of phenols is 1. The number of hydrogen-bond donors (Lipinski definition) is 5. The summed E-state index contributed by atoms with van der Waals surface area (Å²) in [6.45, 7) is 0. The maximum atomic E-state index is 13.6. The Bertz CT molecular complexity index is 1380. The number of nitrogens with two attached hydrogens (primary N) is 1. The number of hydrogen-bond acceptors (Lipinski definition) is 8. The molecular formula is C24H19ClN2O7. The normalized spacial score (nSPS) is 26.2. The van der Waals surface area contributed by atoms with Gasteiger partial charge in [-0.1, -0.05) is 17.7 Å². The molecule has 6 N–H and O–H groups in total. The number of aromatic nitrogens is 1. The monoisotopic (exact) mass is 482 g/mol. The molecule has 0 saturated heterocycles. The summed E-state index contributed by atoms with van der Waals surface area (Å²) in [5.74, 6) is -6.62. The maximum absolute atomic E-state index is 13.6. The largest absolute Gasteiger partial charge is 0.511 e. The molecule has 0 radical (unpaired) electrons. The van der Waals surface area contributed by atoms with Gasteiger partial charge in [0.2, 0.25) is 5.78 Å². The highest BCUT2D eigenvalue weighted by Gasteiger charge is 2.59. The van der Waals surface area contributed by atoms with E-state index in [2.05, 4.69) is 4.98 Å². The number of carbonyl (C=O) groups is 3. The number of allylic oxidation sites excluding steroid dienone is 2. The van der Waals surface area contributed by atoms with Crippen LogP contribution < -0.4 is 5.73 Å². The minimum atomic E-state index is -2.59. The van der Waals surface area contributed by atoms with E-state index in [0.29, 0.717) is 21.7 Å². The van der Waals surface area contributed by atoms with Gasteiger partial charge in [-0.2, -0.15) is 0 Å². The number of phenolic OH excluding ortho intramolecular Hbond substituents is 1. The molecule has 10 heteroatoms. The van der Waals surface area contributed by atoms with Crippen molar-refractivity contribution in [2.45, 2.75) is 24.9 Å². The van der Waals surface area contributed by atoms with Gasteiger partial charge in [-0.3, -0.25) is 19.4 Å². The minimum absolute atomic E-state index is 0.0576. The summed E-state index contributed by atoms with van der Waals surface area (Å²) in [4.78, 5) is 42.2. The van der Waals surface area contributed by atoms with Gasteiger partial charge in [-0.15, -0.1) is 0 Å². The summed E-state index contributed by atoms with van der Waals surface area (Å²) in [6.07, 6.45) is 2.97. The molecule has 1 aromatic carbocycles. The summed E-state index contributed by atoms with van der Waals surface area (Å²) in [5, 5.41) is 43.4. The van der Waals surface area contributed by atoms with Crippen molar-refractivity contribution < 1.29 is 34.8 Å². The fourth-order valence-corrected chi connectivity index (χ4v) is 5.69. The van der Waals surface area contributed by atoms with Gasteiger partial charge in [0.05, 0.1) is 10.6 Å². The molecule has 1 aromatic heterocycles. The van der Waals surface area contributed by atoms with Crippen LogP contribution in [-0.4, -0.2) is 48.5 Å². The Labute approximate surface area is 197 Å². The van der Waals surface area contributed by atoms with Crippen molar-refractivity contribution in [2.75, 3.05) is 0 Å². The Morgan fingerprint density at radius 3 is 2.53 bits per heavy atom. The van der Waals surface area contributed by atoms with Crippen LogP contribution in [0.3, 0.4) is 0 Å². The molecule has 0 fully saturated rings. The number of halogens is 1. The number of amides is 1. The van der Waals surface area contributed by atoms with E-state index in [9.17, 15) is 34.8 Å². The number of benzene rings is 1. The second kappa shape index (κ2) is 7.41.